The number of aromatic nitrogens is 1. The molecule has 0 aliphatic carbocycles. The van der Waals surface area contributed by atoms with Gasteiger partial charge in [-0.05, 0) is 19.8 Å². The lowest BCUT2D eigenvalue weighted by Gasteiger charge is -2.26. The molecule has 1 aromatic rings. The van der Waals surface area contributed by atoms with E-state index >= 15 is 0 Å². The maximum absolute atomic E-state index is 10.0. The number of hydrogen-bond acceptors (Lipinski definition) is 3. The summed E-state index contributed by atoms with van der Waals surface area (Å²) in [6, 6.07) is 0. The lowest BCUT2D eigenvalue weighted by atomic mass is 9.90. The van der Waals surface area contributed by atoms with Gasteiger partial charge in [0, 0.05) is 17.5 Å². The molecule has 1 heterocycles. The van der Waals surface area contributed by atoms with Crippen LogP contribution in [0.1, 0.15) is 31.5 Å². The quantitative estimate of drug-likeness (QED) is 0.811. The Bertz CT molecular complexity index is 278. The van der Waals surface area contributed by atoms with Crippen LogP contribution < -0.4 is 0 Å². The van der Waals surface area contributed by atoms with Crippen LogP contribution in [0.15, 0.2) is 5.38 Å². The molecule has 0 saturated heterocycles. The van der Waals surface area contributed by atoms with Crippen molar-refractivity contribution in [1.82, 2.24) is 4.98 Å². The summed E-state index contributed by atoms with van der Waals surface area (Å²) in [7, 11) is 0. The zero-order valence-electron chi connectivity index (χ0n) is 8.66. The van der Waals surface area contributed by atoms with Crippen LogP contribution in [0.5, 0.6) is 0 Å². The van der Waals surface area contributed by atoms with E-state index in [1.807, 2.05) is 33.1 Å². The Morgan fingerprint density at radius 3 is 2.62 bits per heavy atom. The van der Waals surface area contributed by atoms with E-state index in [1.54, 1.807) is 11.3 Å². The molecule has 0 fully saturated rings. The first-order chi connectivity index (χ1) is 5.92. The van der Waals surface area contributed by atoms with Gasteiger partial charge in [0.25, 0.3) is 0 Å². The Morgan fingerprint density at radius 2 is 2.23 bits per heavy atom. The van der Waals surface area contributed by atoms with E-state index < -0.39 is 5.60 Å². The van der Waals surface area contributed by atoms with E-state index in [1.165, 1.54) is 0 Å². The summed E-state index contributed by atoms with van der Waals surface area (Å²) in [5, 5.41) is 13.1. The highest BCUT2D eigenvalue weighted by Crippen LogP contribution is 2.23. The van der Waals surface area contributed by atoms with Crippen molar-refractivity contribution in [2.24, 2.45) is 5.92 Å². The summed E-state index contributed by atoms with van der Waals surface area (Å²) < 4.78 is 0. The number of nitrogens with zero attached hydrogens (tertiary/aromatic N) is 1. The molecule has 1 atom stereocenters. The summed E-state index contributed by atoms with van der Waals surface area (Å²) in [4.78, 5) is 4.34. The first-order valence-electron chi connectivity index (χ1n) is 4.55. The minimum atomic E-state index is -0.635. The molecule has 0 spiro atoms. The van der Waals surface area contributed by atoms with E-state index in [4.69, 9.17) is 0 Å². The Morgan fingerprint density at radius 1 is 1.62 bits per heavy atom. The minimum absolute atomic E-state index is 0.261. The van der Waals surface area contributed by atoms with Gasteiger partial charge < -0.3 is 5.11 Å². The number of aryl methyl sites for hydroxylation is 1. The molecule has 2 nitrogen and oxygen atoms in total. The Hall–Kier alpha value is -0.410. The molecular weight excluding hydrogens is 182 g/mol. The summed E-state index contributed by atoms with van der Waals surface area (Å²) in [5.41, 5.74) is 0.407. The number of hydrogen-bond donors (Lipinski definition) is 1. The van der Waals surface area contributed by atoms with Crippen LogP contribution in [-0.4, -0.2) is 15.7 Å². The van der Waals surface area contributed by atoms with Crippen molar-refractivity contribution in [2.45, 2.75) is 39.7 Å². The van der Waals surface area contributed by atoms with Crippen molar-refractivity contribution in [3.8, 4) is 0 Å². The molecule has 0 bridgehead atoms. The van der Waals surface area contributed by atoms with Crippen LogP contribution in [0.25, 0.3) is 0 Å². The molecule has 1 rings (SSSR count). The minimum Gasteiger partial charge on any atom is -0.389 e. The molecule has 0 amide bonds. The third-order valence-electron chi connectivity index (χ3n) is 2.42. The Kier molecular flexibility index (Phi) is 3.09. The van der Waals surface area contributed by atoms with E-state index in [-0.39, 0.29) is 5.92 Å². The fraction of sp³-hybridized carbons (Fsp3) is 0.700. The smallest absolute Gasteiger partial charge is 0.0956 e. The first-order valence-corrected chi connectivity index (χ1v) is 5.43. The van der Waals surface area contributed by atoms with Gasteiger partial charge in [-0.15, -0.1) is 11.3 Å². The second-order valence-corrected chi connectivity index (χ2v) is 5.01. The average molecular weight is 199 g/mol. The maximum Gasteiger partial charge on any atom is 0.0956 e. The van der Waals surface area contributed by atoms with Gasteiger partial charge in [-0.3, -0.25) is 0 Å². The zero-order chi connectivity index (χ0) is 10.1. The Balaban J connectivity index is 2.68. The number of rotatable bonds is 3. The molecule has 74 valence electrons. The SMILES string of the molecule is Cc1csc(CC(C)(O)C(C)C)n1. The monoisotopic (exact) mass is 199 g/mol. The molecule has 1 unspecified atom stereocenters. The second kappa shape index (κ2) is 3.76. The highest BCUT2D eigenvalue weighted by Gasteiger charge is 2.26. The van der Waals surface area contributed by atoms with Crippen molar-refractivity contribution in [3.63, 3.8) is 0 Å². The van der Waals surface area contributed by atoms with Crippen LogP contribution in [0.4, 0.5) is 0 Å². The lowest BCUT2D eigenvalue weighted by molar-refractivity contribution is 0.0139. The summed E-state index contributed by atoms with van der Waals surface area (Å²) in [6.07, 6.45) is 0.656. The van der Waals surface area contributed by atoms with Crippen molar-refractivity contribution in [1.29, 1.82) is 0 Å². The topological polar surface area (TPSA) is 33.1 Å². The predicted molar refractivity (Wildman–Crippen MR) is 56.0 cm³/mol. The van der Waals surface area contributed by atoms with Crippen LogP contribution in [-0.2, 0) is 6.42 Å². The molecule has 1 N–H and O–H groups in total. The lowest BCUT2D eigenvalue weighted by Crippen LogP contribution is -2.33. The van der Waals surface area contributed by atoms with Crippen LogP contribution >= 0.6 is 11.3 Å². The largest absolute Gasteiger partial charge is 0.389 e. The van der Waals surface area contributed by atoms with Crippen LogP contribution in [0.3, 0.4) is 0 Å². The Labute approximate surface area is 83.6 Å². The first kappa shape index (κ1) is 10.7. The van der Waals surface area contributed by atoms with Crippen LogP contribution in [0, 0.1) is 12.8 Å². The van der Waals surface area contributed by atoms with Gasteiger partial charge in [0.2, 0.25) is 0 Å². The van der Waals surface area contributed by atoms with E-state index in [9.17, 15) is 5.11 Å². The predicted octanol–water partition coefficient (Wildman–Crippen LogP) is 2.40. The molecule has 1 aromatic heterocycles. The highest BCUT2D eigenvalue weighted by atomic mass is 32.1. The van der Waals surface area contributed by atoms with E-state index in [0.29, 0.717) is 6.42 Å². The third kappa shape index (κ3) is 2.78. The average Bonchev–Trinajstić information content (AvgIpc) is 2.34. The van der Waals surface area contributed by atoms with Gasteiger partial charge in [-0.25, -0.2) is 4.98 Å². The molecular formula is C10H17NOS. The van der Waals surface area contributed by atoms with Gasteiger partial charge in [0.05, 0.1) is 10.6 Å². The summed E-state index contributed by atoms with van der Waals surface area (Å²) in [6.45, 7) is 7.90. The molecule has 3 heteroatoms. The molecule has 13 heavy (non-hydrogen) atoms. The third-order valence-corrected chi connectivity index (χ3v) is 3.39. The van der Waals surface area contributed by atoms with Crippen molar-refractivity contribution < 1.29 is 5.11 Å². The van der Waals surface area contributed by atoms with Crippen molar-refractivity contribution in [2.75, 3.05) is 0 Å². The molecule has 0 saturated carbocycles. The van der Waals surface area contributed by atoms with E-state index in [0.717, 1.165) is 10.7 Å². The maximum atomic E-state index is 10.0. The van der Waals surface area contributed by atoms with Crippen molar-refractivity contribution >= 4 is 11.3 Å². The zero-order valence-corrected chi connectivity index (χ0v) is 9.48. The molecule has 0 aliphatic heterocycles. The number of aliphatic hydroxyl groups is 1. The molecule has 0 radical (unpaired) electrons. The highest BCUT2D eigenvalue weighted by molar-refractivity contribution is 7.09. The van der Waals surface area contributed by atoms with Gasteiger partial charge in [-0.1, -0.05) is 13.8 Å². The summed E-state index contributed by atoms with van der Waals surface area (Å²) in [5.74, 6) is 0.261. The van der Waals surface area contributed by atoms with Gasteiger partial charge in [0.1, 0.15) is 0 Å². The van der Waals surface area contributed by atoms with Gasteiger partial charge in [-0.2, -0.15) is 0 Å². The van der Waals surface area contributed by atoms with Crippen LogP contribution in [0.2, 0.25) is 0 Å². The molecule has 0 aliphatic rings. The van der Waals surface area contributed by atoms with Crippen molar-refractivity contribution in [3.05, 3.63) is 16.1 Å². The van der Waals surface area contributed by atoms with E-state index in [2.05, 4.69) is 4.98 Å². The fourth-order valence-electron chi connectivity index (χ4n) is 0.994. The van der Waals surface area contributed by atoms with Gasteiger partial charge >= 0.3 is 0 Å². The molecule has 0 aromatic carbocycles. The summed E-state index contributed by atoms with van der Waals surface area (Å²) >= 11 is 1.62. The standard InChI is InChI=1S/C10H17NOS/c1-7(2)10(4,12)5-9-11-8(3)6-13-9/h6-7,12H,5H2,1-4H3. The normalized spacial score (nSPS) is 16.2. The van der Waals surface area contributed by atoms with Gasteiger partial charge in [0.15, 0.2) is 0 Å². The fourth-order valence-corrected chi connectivity index (χ4v) is 1.93. The number of thiazole rings is 1. The second-order valence-electron chi connectivity index (χ2n) is 4.07.